The maximum atomic E-state index is 13.3. The van der Waals surface area contributed by atoms with Crippen molar-refractivity contribution >= 4 is 34.7 Å². The molecule has 1 saturated heterocycles. The first-order valence-electron chi connectivity index (χ1n) is 11.3. The zero-order chi connectivity index (χ0) is 23.8. The normalized spacial score (nSPS) is 19.9. The molecule has 11 heteroatoms. The standard InChI is InChI=1S/C23H24FN5O4S/c1-2-33-22(32)14-4-3-9-27(12-14)19(30)10-17-13-34-23-26-20-18(21(31)28(17)23)11-25-29(20)16-7-5-15(24)6-8-16/h5-8,11,14,17H,2-4,9-10,12-13H2,1H3. The molecule has 5 rings (SSSR count). The zero-order valence-corrected chi connectivity index (χ0v) is 19.5. The third-order valence-corrected chi connectivity index (χ3v) is 7.34. The number of benzene rings is 1. The number of ether oxygens (including phenoxy) is 1. The van der Waals surface area contributed by atoms with Crippen molar-refractivity contribution in [3.8, 4) is 5.69 Å². The molecule has 0 N–H and O–H groups in total. The van der Waals surface area contributed by atoms with Crippen molar-refractivity contribution in [3.05, 3.63) is 46.6 Å². The van der Waals surface area contributed by atoms with Crippen molar-refractivity contribution in [2.45, 2.75) is 37.4 Å². The lowest BCUT2D eigenvalue weighted by atomic mass is 9.97. The van der Waals surface area contributed by atoms with Gasteiger partial charge in [-0.1, -0.05) is 11.8 Å². The van der Waals surface area contributed by atoms with Crippen LogP contribution in [0.25, 0.3) is 16.7 Å². The fourth-order valence-electron chi connectivity index (χ4n) is 4.54. The average molecular weight is 486 g/mol. The molecule has 2 atom stereocenters. The Kier molecular flexibility index (Phi) is 6.11. The van der Waals surface area contributed by atoms with Gasteiger partial charge in [0.2, 0.25) is 5.91 Å². The van der Waals surface area contributed by atoms with Gasteiger partial charge in [0.15, 0.2) is 10.8 Å². The number of carbonyl (C=O) groups excluding carboxylic acids is 2. The molecule has 0 spiro atoms. The number of rotatable bonds is 5. The summed E-state index contributed by atoms with van der Waals surface area (Å²) in [6, 6.07) is 5.48. The summed E-state index contributed by atoms with van der Waals surface area (Å²) < 4.78 is 21.5. The van der Waals surface area contributed by atoms with E-state index in [2.05, 4.69) is 10.1 Å². The van der Waals surface area contributed by atoms with Crippen molar-refractivity contribution in [2.75, 3.05) is 25.4 Å². The van der Waals surface area contributed by atoms with E-state index in [0.29, 0.717) is 53.7 Å². The van der Waals surface area contributed by atoms with E-state index in [1.54, 1.807) is 28.5 Å². The first-order valence-corrected chi connectivity index (χ1v) is 12.3. The molecular formula is C23H24FN5O4S. The zero-order valence-electron chi connectivity index (χ0n) is 18.6. The molecule has 2 aliphatic rings. The molecule has 0 aliphatic carbocycles. The van der Waals surface area contributed by atoms with E-state index < -0.39 is 0 Å². The van der Waals surface area contributed by atoms with Crippen LogP contribution < -0.4 is 5.56 Å². The molecular weight excluding hydrogens is 461 g/mol. The van der Waals surface area contributed by atoms with Crippen LogP contribution >= 0.6 is 11.8 Å². The predicted octanol–water partition coefficient (Wildman–Crippen LogP) is 2.56. The van der Waals surface area contributed by atoms with E-state index in [1.165, 1.54) is 34.8 Å². The summed E-state index contributed by atoms with van der Waals surface area (Å²) in [6.07, 6.45) is 3.08. The van der Waals surface area contributed by atoms with Crippen molar-refractivity contribution < 1.29 is 18.7 Å². The Labute approximate surface area is 198 Å². The largest absolute Gasteiger partial charge is 0.466 e. The van der Waals surface area contributed by atoms with E-state index in [-0.39, 0.29) is 41.6 Å². The first kappa shape index (κ1) is 22.6. The van der Waals surface area contributed by atoms with Crippen LogP contribution in [0.4, 0.5) is 4.39 Å². The van der Waals surface area contributed by atoms with Crippen molar-refractivity contribution in [1.29, 1.82) is 0 Å². The molecule has 0 bridgehead atoms. The molecule has 178 valence electrons. The van der Waals surface area contributed by atoms with Crippen molar-refractivity contribution in [2.24, 2.45) is 5.92 Å². The Morgan fingerprint density at radius 1 is 1.26 bits per heavy atom. The van der Waals surface area contributed by atoms with E-state index in [0.717, 1.165) is 6.42 Å². The number of fused-ring (bicyclic) bond motifs is 2. The summed E-state index contributed by atoms with van der Waals surface area (Å²) in [7, 11) is 0. The number of hydrogen-bond acceptors (Lipinski definition) is 7. The summed E-state index contributed by atoms with van der Waals surface area (Å²) in [4.78, 5) is 44.8. The van der Waals surface area contributed by atoms with Gasteiger partial charge in [-0.3, -0.25) is 19.0 Å². The smallest absolute Gasteiger partial charge is 0.310 e. The Hall–Kier alpha value is -3.21. The van der Waals surface area contributed by atoms with Gasteiger partial charge in [-0.2, -0.15) is 5.10 Å². The second-order valence-electron chi connectivity index (χ2n) is 8.44. The van der Waals surface area contributed by atoms with Gasteiger partial charge < -0.3 is 9.64 Å². The fraction of sp³-hybridized carbons (Fsp3) is 0.435. The number of likely N-dealkylation sites (tertiary alicyclic amines) is 1. The van der Waals surface area contributed by atoms with Crippen LogP contribution in [0.1, 0.15) is 32.2 Å². The first-order chi connectivity index (χ1) is 16.5. The molecule has 0 saturated carbocycles. The van der Waals surface area contributed by atoms with Gasteiger partial charge in [-0.15, -0.1) is 0 Å². The van der Waals surface area contributed by atoms with Crippen LogP contribution in [0.2, 0.25) is 0 Å². The molecule has 1 fully saturated rings. The minimum atomic E-state index is -0.362. The number of halogens is 1. The van der Waals surface area contributed by atoms with E-state index in [1.807, 2.05) is 0 Å². The van der Waals surface area contributed by atoms with Gasteiger partial charge in [0.1, 0.15) is 11.2 Å². The van der Waals surface area contributed by atoms with E-state index >= 15 is 0 Å². The molecule has 4 heterocycles. The lowest BCUT2D eigenvalue weighted by Crippen LogP contribution is -2.43. The van der Waals surface area contributed by atoms with Crippen LogP contribution in [0, 0.1) is 11.7 Å². The number of aromatic nitrogens is 4. The molecule has 9 nitrogen and oxygen atoms in total. The third-order valence-electron chi connectivity index (χ3n) is 6.25. The highest BCUT2D eigenvalue weighted by molar-refractivity contribution is 7.99. The Morgan fingerprint density at radius 2 is 2.06 bits per heavy atom. The topological polar surface area (TPSA) is 99.3 Å². The fourth-order valence-corrected chi connectivity index (χ4v) is 5.67. The van der Waals surface area contributed by atoms with Gasteiger partial charge in [0, 0.05) is 25.3 Å². The van der Waals surface area contributed by atoms with Crippen LogP contribution in [-0.4, -0.2) is 61.6 Å². The Morgan fingerprint density at radius 3 is 2.82 bits per heavy atom. The van der Waals surface area contributed by atoms with Crippen molar-refractivity contribution in [3.63, 3.8) is 0 Å². The minimum Gasteiger partial charge on any atom is -0.466 e. The summed E-state index contributed by atoms with van der Waals surface area (Å²) in [5, 5.41) is 5.16. The lowest BCUT2D eigenvalue weighted by molar-refractivity contribution is -0.151. The van der Waals surface area contributed by atoms with Crippen molar-refractivity contribution in [1.82, 2.24) is 24.2 Å². The number of thioether (sulfide) groups is 1. The number of carbonyl (C=O) groups is 2. The molecule has 2 aromatic heterocycles. The van der Waals surface area contributed by atoms with Crippen LogP contribution in [0.15, 0.2) is 40.4 Å². The number of nitrogens with zero attached hydrogens (tertiary/aromatic N) is 5. The third kappa shape index (κ3) is 4.08. The van der Waals surface area contributed by atoms with E-state index in [9.17, 15) is 18.8 Å². The number of esters is 1. The molecule has 2 unspecified atom stereocenters. The molecule has 34 heavy (non-hydrogen) atoms. The maximum Gasteiger partial charge on any atom is 0.310 e. The summed E-state index contributed by atoms with van der Waals surface area (Å²) in [6.45, 7) is 3.03. The van der Waals surface area contributed by atoms with E-state index in [4.69, 9.17) is 4.74 Å². The molecule has 1 amide bonds. The highest BCUT2D eigenvalue weighted by atomic mass is 32.2. The van der Waals surface area contributed by atoms with Gasteiger partial charge in [0.25, 0.3) is 5.56 Å². The Bertz CT molecular complexity index is 1310. The maximum absolute atomic E-state index is 13.3. The van der Waals surface area contributed by atoms with Crippen LogP contribution in [0.3, 0.4) is 0 Å². The van der Waals surface area contributed by atoms with Gasteiger partial charge in [-0.25, -0.2) is 14.1 Å². The second kappa shape index (κ2) is 9.21. The lowest BCUT2D eigenvalue weighted by Gasteiger charge is -2.32. The highest BCUT2D eigenvalue weighted by Gasteiger charge is 2.34. The molecule has 1 aromatic carbocycles. The van der Waals surface area contributed by atoms with Gasteiger partial charge >= 0.3 is 5.97 Å². The molecule has 2 aliphatic heterocycles. The SMILES string of the molecule is CCOC(=O)C1CCCN(C(=O)CC2CSc3nc4c(cnn4-c4ccc(F)cc4)c(=O)n32)C1. The van der Waals surface area contributed by atoms with Gasteiger partial charge in [-0.05, 0) is 44.0 Å². The minimum absolute atomic E-state index is 0.0820. The second-order valence-corrected chi connectivity index (χ2v) is 9.43. The summed E-state index contributed by atoms with van der Waals surface area (Å²) in [5.74, 6) is -0.451. The highest BCUT2D eigenvalue weighted by Crippen LogP contribution is 2.34. The Balaban J connectivity index is 1.37. The number of piperidine rings is 1. The number of amides is 1. The monoisotopic (exact) mass is 485 g/mol. The quantitative estimate of drug-likeness (QED) is 0.405. The number of hydrogen-bond donors (Lipinski definition) is 0. The summed E-state index contributed by atoms with van der Waals surface area (Å²) >= 11 is 1.42. The summed E-state index contributed by atoms with van der Waals surface area (Å²) in [5.41, 5.74) is 0.749. The van der Waals surface area contributed by atoms with Crippen LogP contribution in [0.5, 0.6) is 0 Å². The molecule has 3 aromatic rings. The predicted molar refractivity (Wildman–Crippen MR) is 123 cm³/mol. The van der Waals surface area contributed by atoms with Crippen LogP contribution in [-0.2, 0) is 14.3 Å². The van der Waals surface area contributed by atoms with Gasteiger partial charge in [0.05, 0.1) is 30.5 Å². The molecule has 0 radical (unpaired) electrons. The average Bonchev–Trinajstić information content (AvgIpc) is 3.45.